The van der Waals surface area contributed by atoms with Crippen LogP contribution in [0.3, 0.4) is 0 Å². The Morgan fingerprint density at radius 1 is 1.26 bits per heavy atom. The predicted octanol–water partition coefficient (Wildman–Crippen LogP) is 3.03. The summed E-state index contributed by atoms with van der Waals surface area (Å²) in [5.41, 5.74) is 1.98. The third kappa shape index (κ3) is 3.56. The molecule has 0 aromatic heterocycles. The standard InChI is InChI=1S/C20H22F2N3OP/c1-2-13-9-14(10-16(21)20(13)22)17-11-18(26)25-12-15(3-4-19(25)27-17)24-7-5-23-6-8-24/h3-4,9-12,19,23,27H,2,5-8H2,1H3. The topological polar surface area (TPSA) is 35.6 Å². The van der Waals surface area contributed by atoms with Gasteiger partial charge in [-0.2, -0.15) is 0 Å². The maximum absolute atomic E-state index is 13.9. The number of carbonyl (C=O) groups excluding carboxylic acids is 1. The molecule has 0 saturated carbocycles. The van der Waals surface area contributed by atoms with Gasteiger partial charge >= 0.3 is 0 Å². The highest BCUT2D eigenvalue weighted by Gasteiger charge is 2.30. The highest BCUT2D eigenvalue weighted by molar-refractivity contribution is 7.51. The fourth-order valence-electron chi connectivity index (χ4n) is 3.60. The zero-order chi connectivity index (χ0) is 19.0. The number of carbonyl (C=O) groups is 1. The molecule has 3 aliphatic heterocycles. The van der Waals surface area contributed by atoms with E-state index in [0.29, 0.717) is 26.1 Å². The lowest BCUT2D eigenvalue weighted by Gasteiger charge is -2.37. The molecule has 1 saturated heterocycles. The van der Waals surface area contributed by atoms with Gasteiger partial charge in [-0.1, -0.05) is 21.6 Å². The number of benzene rings is 1. The molecule has 0 bridgehead atoms. The summed E-state index contributed by atoms with van der Waals surface area (Å²) >= 11 is 0. The summed E-state index contributed by atoms with van der Waals surface area (Å²) in [6.45, 7) is 5.49. The molecule has 3 heterocycles. The minimum absolute atomic E-state index is 0.0673. The van der Waals surface area contributed by atoms with Gasteiger partial charge in [0, 0.05) is 38.5 Å². The molecule has 7 heteroatoms. The predicted molar refractivity (Wildman–Crippen MR) is 104 cm³/mol. The average molecular weight is 389 g/mol. The second-order valence-corrected chi connectivity index (χ2v) is 8.25. The van der Waals surface area contributed by atoms with Crippen LogP contribution >= 0.6 is 8.58 Å². The lowest BCUT2D eigenvalue weighted by atomic mass is 10.1. The Morgan fingerprint density at radius 2 is 2.04 bits per heavy atom. The molecule has 1 fully saturated rings. The quantitative estimate of drug-likeness (QED) is 0.808. The van der Waals surface area contributed by atoms with Crippen LogP contribution in [-0.4, -0.2) is 47.7 Å². The van der Waals surface area contributed by atoms with E-state index in [9.17, 15) is 13.6 Å². The first-order chi connectivity index (χ1) is 13.1. The third-order valence-corrected chi connectivity index (χ3v) is 6.63. The van der Waals surface area contributed by atoms with Gasteiger partial charge in [0.15, 0.2) is 11.6 Å². The lowest BCUT2D eigenvalue weighted by Crippen LogP contribution is -2.44. The number of nitrogens with zero attached hydrogens (tertiary/aromatic N) is 2. The zero-order valence-corrected chi connectivity index (χ0v) is 16.1. The summed E-state index contributed by atoms with van der Waals surface area (Å²) in [7, 11) is 0.290. The van der Waals surface area contributed by atoms with Crippen LogP contribution in [0.25, 0.3) is 5.31 Å². The molecule has 2 unspecified atom stereocenters. The second kappa shape index (κ2) is 7.53. The van der Waals surface area contributed by atoms with Crippen LogP contribution < -0.4 is 5.32 Å². The number of piperazine rings is 1. The summed E-state index contributed by atoms with van der Waals surface area (Å²) in [4.78, 5) is 16.7. The minimum atomic E-state index is -0.856. The molecular weight excluding hydrogens is 367 g/mol. The number of rotatable bonds is 3. The number of fused-ring (bicyclic) bond motifs is 1. The monoisotopic (exact) mass is 389 g/mol. The molecule has 4 nitrogen and oxygen atoms in total. The van der Waals surface area contributed by atoms with Crippen LogP contribution in [-0.2, 0) is 11.2 Å². The van der Waals surface area contributed by atoms with E-state index in [4.69, 9.17) is 0 Å². The summed E-state index contributed by atoms with van der Waals surface area (Å²) in [6, 6.07) is 2.86. The normalized spacial score (nSPS) is 23.4. The molecule has 4 rings (SSSR count). The number of hydrogen-bond donors (Lipinski definition) is 1. The number of halogens is 2. The first-order valence-electron chi connectivity index (χ1n) is 9.21. The molecule has 2 atom stereocenters. The Balaban J connectivity index is 1.61. The van der Waals surface area contributed by atoms with Gasteiger partial charge < -0.3 is 15.1 Å². The Labute approximate surface area is 159 Å². The maximum Gasteiger partial charge on any atom is 0.252 e. The largest absolute Gasteiger partial charge is 0.368 e. The summed E-state index contributed by atoms with van der Waals surface area (Å²) in [5.74, 6) is -1.84. The average Bonchev–Trinajstić information content (AvgIpc) is 2.70. The molecule has 0 spiro atoms. The first kappa shape index (κ1) is 18.3. The van der Waals surface area contributed by atoms with E-state index in [1.165, 1.54) is 6.07 Å². The van der Waals surface area contributed by atoms with Gasteiger partial charge in [0.25, 0.3) is 5.91 Å². The maximum atomic E-state index is 13.9. The molecular formula is C20H22F2N3OP. The molecule has 1 aromatic carbocycles. The summed E-state index contributed by atoms with van der Waals surface area (Å²) in [6.07, 6.45) is 8.00. The van der Waals surface area contributed by atoms with Crippen LogP contribution in [0.2, 0.25) is 0 Å². The van der Waals surface area contributed by atoms with Crippen LogP contribution in [0.5, 0.6) is 0 Å². The van der Waals surface area contributed by atoms with Gasteiger partial charge in [0.05, 0.1) is 11.5 Å². The van der Waals surface area contributed by atoms with Crippen molar-refractivity contribution in [2.24, 2.45) is 0 Å². The molecule has 1 aromatic rings. The highest BCUT2D eigenvalue weighted by atomic mass is 31.1. The molecule has 0 radical (unpaired) electrons. The number of amides is 1. The Bertz CT molecular complexity index is 859. The van der Waals surface area contributed by atoms with E-state index in [0.717, 1.165) is 37.2 Å². The van der Waals surface area contributed by atoms with Crippen molar-refractivity contribution >= 4 is 19.8 Å². The molecule has 27 heavy (non-hydrogen) atoms. The van der Waals surface area contributed by atoms with Crippen molar-refractivity contribution in [2.75, 3.05) is 26.2 Å². The van der Waals surface area contributed by atoms with Crippen molar-refractivity contribution in [1.82, 2.24) is 15.1 Å². The SMILES string of the molecule is CCc1cc(C2=CC(=O)N3C=C(N4CCNCC4)C=CC3P2)cc(F)c1F. The Morgan fingerprint density at radius 3 is 2.78 bits per heavy atom. The smallest absolute Gasteiger partial charge is 0.252 e. The van der Waals surface area contributed by atoms with Gasteiger partial charge in [-0.3, -0.25) is 4.79 Å². The molecule has 0 aliphatic carbocycles. The third-order valence-electron chi connectivity index (χ3n) is 5.12. The van der Waals surface area contributed by atoms with E-state index in [-0.39, 0.29) is 11.7 Å². The van der Waals surface area contributed by atoms with Crippen LogP contribution in [0.4, 0.5) is 8.78 Å². The van der Waals surface area contributed by atoms with E-state index >= 15 is 0 Å². The van der Waals surface area contributed by atoms with Crippen LogP contribution in [0.15, 0.2) is 42.3 Å². The van der Waals surface area contributed by atoms with Crippen molar-refractivity contribution in [1.29, 1.82) is 0 Å². The molecule has 1 N–H and O–H groups in total. The first-order valence-corrected chi connectivity index (χ1v) is 10.3. The summed E-state index contributed by atoms with van der Waals surface area (Å²) in [5, 5.41) is 4.10. The number of hydrogen-bond acceptors (Lipinski definition) is 3. The van der Waals surface area contributed by atoms with Crippen molar-refractivity contribution in [2.45, 2.75) is 19.1 Å². The van der Waals surface area contributed by atoms with Crippen molar-refractivity contribution in [3.05, 3.63) is 65.0 Å². The Hall–Kier alpha value is -2.04. The van der Waals surface area contributed by atoms with Gasteiger partial charge in [0.2, 0.25) is 0 Å². The zero-order valence-electron chi connectivity index (χ0n) is 15.1. The van der Waals surface area contributed by atoms with E-state index in [1.54, 1.807) is 24.0 Å². The van der Waals surface area contributed by atoms with Crippen molar-refractivity contribution < 1.29 is 13.6 Å². The lowest BCUT2D eigenvalue weighted by molar-refractivity contribution is -0.123. The van der Waals surface area contributed by atoms with Crippen LogP contribution in [0, 0.1) is 11.6 Å². The molecule has 142 valence electrons. The van der Waals surface area contributed by atoms with Crippen LogP contribution in [0.1, 0.15) is 18.1 Å². The van der Waals surface area contributed by atoms with Crippen molar-refractivity contribution in [3.63, 3.8) is 0 Å². The van der Waals surface area contributed by atoms with Gasteiger partial charge in [-0.15, -0.1) is 0 Å². The molecule has 3 aliphatic rings. The van der Waals surface area contributed by atoms with Gasteiger partial charge in [0.1, 0.15) is 0 Å². The van der Waals surface area contributed by atoms with E-state index < -0.39 is 11.6 Å². The number of allylic oxidation sites excluding steroid dienone is 1. The summed E-state index contributed by atoms with van der Waals surface area (Å²) < 4.78 is 27.8. The van der Waals surface area contributed by atoms with Gasteiger partial charge in [-0.05, 0) is 41.1 Å². The fourth-order valence-corrected chi connectivity index (χ4v) is 4.97. The fraction of sp³-hybridized carbons (Fsp3) is 0.350. The second-order valence-electron chi connectivity index (χ2n) is 6.83. The minimum Gasteiger partial charge on any atom is -0.368 e. The van der Waals surface area contributed by atoms with Gasteiger partial charge in [-0.25, -0.2) is 8.78 Å². The van der Waals surface area contributed by atoms with Crippen molar-refractivity contribution in [3.8, 4) is 0 Å². The number of aryl methyl sites for hydroxylation is 1. The molecule has 1 amide bonds. The Kier molecular flexibility index (Phi) is 5.11. The highest BCUT2D eigenvalue weighted by Crippen LogP contribution is 2.45. The van der Waals surface area contributed by atoms with E-state index in [1.807, 2.05) is 12.3 Å². The number of nitrogens with one attached hydrogen (secondary N) is 1. The van der Waals surface area contributed by atoms with E-state index in [2.05, 4.69) is 16.3 Å².